The highest BCUT2D eigenvalue weighted by Crippen LogP contribution is 1.62. The molecule has 0 aromatic rings. The molecule has 0 fully saturated rings. The van der Waals surface area contributed by atoms with Crippen molar-refractivity contribution in [3.63, 3.8) is 0 Å². The van der Waals surface area contributed by atoms with Gasteiger partial charge in [0.2, 0.25) is 0 Å². The second kappa shape index (κ2) is 8.86. The summed E-state index contributed by atoms with van der Waals surface area (Å²) in [4.78, 5) is 0. The molecule has 0 amide bonds. The fourth-order valence-corrected chi connectivity index (χ4v) is 0. The predicted molar refractivity (Wildman–Crippen MR) is 62.3 cm³/mol. The van der Waals surface area contributed by atoms with Crippen molar-refractivity contribution in [3.05, 3.63) is 0 Å². The van der Waals surface area contributed by atoms with Crippen LogP contribution in [0.3, 0.4) is 0 Å². The lowest BCUT2D eigenvalue weighted by Gasteiger charge is -1.73. The summed E-state index contributed by atoms with van der Waals surface area (Å²) in [6.07, 6.45) is 0. The Bertz CT molecular complexity index is 208. The molecule has 0 aliphatic carbocycles. The van der Waals surface area contributed by atoms with Crippen molar-refractivity contribution >= 4 is 67.5 Å². The van der Waals surface area contributed by atoms with Crippen molar-refractivity contribution in [2.24, 2.45) is 0 Å². The molecule has 0 aliphatic rings. The highest BCUT2D eigenvalue weighted by atomic mass is 32.9. The van der Waals surface area contributed by atoms with Gasteiger partial charge < -0.3 is 0 Å². The van der Waals surface area contributed by atoms with Crippen LogP contribution in [0.4, 0.5) is 0 Å². The molecule has 0 aliphatic heterocycles. The fraction of sp³-hybridized carbons (Fsp3) is 0. The van der Waals surface area contributed by atoms with E-state index in [0.717, 1.165) is 0 Å². The van der Waals surface area contributed by atoms with Gasteiger partial charge in [0, 0.05) is 22.4 Å². The van der Waals surface area contributed by atoms with Gasteiger partial charge in [-0.25, -0.2) is 0 Å². The lowest BCUT2D eigenvalue weighted by molar-refractivity contribution is 0.448. The van der Waals surface area contributed by atoms with Gasteiger partial charge >= 0.3 is 0 Å². The summed E-state index contributed by atoms with van der Waals surface area (Å²) in [6, 6.07) is 0. The van der Waals surface area contributed by atoms with Crippen LogP contribution in [0, 0.1) is 0 Å². The Labute approximate surface area is 93.7 Å². The summed E-state index contributed by atoms with van der Waals surface area (Å²) in [5, 5.41) is 0. The van der Waals surface area contributed by atoms with Crippen molar-refractivity contribution in [2.45, 2.75) is 0 Å². The number of hydrogen-bond donors (Lipinski definition) is 4. The Balaban J connectivity index is -0.0000000457. The van der Waals surface area contributed by atoms with E-state index in [1.165, 1.54) is 0 Å². The molecule has 0 rings (SSSR count). The van der Waals surface area contributed by atoms with Gasteiger partial charge in [-0.05, 0) is 0 Å². The normalized spacial score (nSPS) is 9.67. The van der Waals surface area contributed by atoms with Crippen LogP contribution in [-0.2, 0) is 40.5 Å². The number of hydrogen-bond acceptors (Lipinski definition) is 4. The summed E-state index contributed by atoms with van der Waals surface area (Å²) < 4.78 is 47.9. The molecule has 12 heavy (non-hydrogen) atoms. The molecule has 0 spiro atoms. The summed E-state index contributed by atoms with van der Waals surface area (Å²) in [5.74, 6) is 0. The lowest BCUT2D eigenvalue weighted by atomic mass is 15.8. The van der Waals surface area contributed by atoms with Gasteiger partial charge in [0.1, 0.15) is 0 Å². The highest BCUT2D eigenvalue weighted by molar-refractivity contribution is 8.26. The van der Waals surface area contributed by atoms with Crippen molar-refractivity contribution < 1.29 is 26.6 Å². The molecule has 6 nitrogen and oxygen atoms in total. The summed E-state index contributed by atoms with van der Waals surface area (Å²) in [5.41, 5.74) is 0. The third-order valence-corrected chi connectivity index (χ3v) is 0. The molecule has 0 aromatic heterocycles. The Morgan fingerprint density at radius 1 is 0.750 bits per heavy atom. The quantitative estimate of drug-likeness (QED) is 0.476. The zero-order valence-electron chi connectivity index (χ0n) is 5.24. The number of rotatable bonds is 0. The first-order chi connectivity index (χ1) is 4.00. The Kier molecular flexibility index (Phi) is 17.2. The molecule has 0 atom stereocenters. The van der Waals surface area contributed by atoms with Crippen LogP contribution in [0.25, 0.3) is 0 Å². The van der Waals surface area contributed by atoms with Crippen LogP contribution in [0.15, 0.2) is 0 Å². The maximum absolute atomic E-state index is 9.11. The second-order valence-corrected chi connectivity index (χ2v) is 5.29. The fourth-order valence-electron chi connectivity index (χ4n) is 0. The molecule has 0 heterocycles. The first-order valence-corrected chi connectivity index (χ1v) is 6.19. The van der Waals surface area contributed by atoms with E-state index in [1.807, 2.05) is 0 Å². The molecule has 0 bridgehead atoms. The van der Waals surface area contributed by atoms with Crippen molar-refractivity contribution in [3.8, 4) is 0 Å². The molecule has 0 unspecified atom stereocenters. The van der Waals surface area contributed by atoms with Gasteiger partial charge in [0.05, 0.1) is 0 Å². The third kappa shape index (κ3) is 728. The first kappa shape index (κ1) is 23.3. The molecule has 0 saturated carbocycles. The predicted octanol–water partition coefficient (Wildman–Crippen LogP) is -0.417. The van der Waals surface area contributed by atoms with Gasteiger partial charge in [0.15, 0.2) is 0 Å². The van der Waals surface area contributed by atoms with E-state index in [0.29, 0.717) is 0 Å². The van der Waals surface area contributed by atoms with E-state index in [4.69, 9.17) is 26.6 Å². The highest BCUT2D eigenvalue weighted by Gasteiger charge is 1.78. The maximum Gasteiger partial charge on any atom is 0.263 e. The van der Waals surface area contributed by atoms with E-state index >= 15 is 0 Å². The lowest BCUT2D eigenvalue weighted by Crippen LogP contribution is -1.86. The van der Waals surface area contributed by atoms with Crippen LogP contribution in [0.5, 0.6) is 0 Å². The molecular formula is H8O6S6. The van der Waals surface area contributed by atoms with Gasteiger partial charge in [-0.3, -0.25) is 18.2 Å². The zero-order valence-corrected chi connectivity index (χ0v) is 10.5. The molecule has 12 heteroatoms. The molecule has 0 saturated heterocycles. The van der Waals surface area contributed by atoms with E-state index < -0.39 is 18.1 Å². The molecule has 4 N–H and O–H groups in total. The summed E-state index contributed by atoms with van der Waals surface area (Å²) in [7, 11) is -7.67. The van der Waals surface area contributed by atoms with E-state index in [9.17, 15) is 0 Å². The summed E-state index contributed by atoms with van der Waals surface area (Å²) >= 11 is 6.93. The van der Waals surface area contributed by atoms with Crippen LogP contribution < -0.4 is 0 Å². The Morgan fingerprint density at radius 2 is 0.750 bits per heavy atom. The van der Waals surface area contributed by atoms with E-state index in [-0.39, 0.29) is 27.0 Å². The van der Waals surface area contributed by atoms with Crippen molar-refractivity contribution in [1.82, 2.24) is 0 Å². The van der Waals surface area contributed by atoms with Crippen molar-refractivity contribution in [1.29, 1.82) is 0 Å². The molecular weight excluding hydrogens is 288 g/mol. The topological polar surface area (TPSA) is 115 Å². The van der Waals surface area contributed by atoms with Gasteiger partial charge in [-0.2, -0.15) is 35.4 Å². The third-order valence-electron chi connectivity index (χ3n) is 0. The van der Waals surface area contributed by atoms with Crippen molar-refractivity contribution in [2.75, 3.05) is 0 Å². The molecule has 0 aromatic carbocycles. The van der Waals surface area contributed by atoms with Crippen LogP contribution >= 0.6 is 27.0 Å². The standard InChI is InChI=1S/2H2O3S2.2H2S/c2*1-5(2,3)4;;/h2*(H2,1,2,3,4);2*1H2. The second-order valence-electron chi connectivity index (χ2n) is 0.896. The maximum atomic E-state index is 9.11. The first-order valence-electron chi connectivity index (χ1n) is 1.40. The average Bonchev–Trinajstić information content (AvgIpc) is 1.12. The Hall–Kier alpha value is 1.28. The van der Waals surface area contributed by atoms with Gasteiger partial charge in [-0.1, -0.05) is 0 Å². The minimum absolute atomic E-state index is 0. The largest absolute Gasteiger partial charge is 0.285 e. The SMILES string of the molecule is O=S(O)(O)=S.O=S(O)(O)=S.S.S. The minimum atomic E-state index is -3.83. The van der Waals surface area contributed by atoms with E-state index in [1.54, 1.807) is 0 Å². The van der Waals surface area contributed by atoms with Gasteiger partial charge in [-0.15, -0.1) is 0 Å². The minimum Gasteiger partial charge on any atom is -0.285 e. The molecule has 80 valence electrons. The Morgan fingerprint density at radius 3 is 0.750 bits per heavy atom. The monoisotopic (exact) mass is 296 g/mol. The zero-order chi connectivity index (χ0) is 9.00. The van der Waals surface area contributed by atoms with Crippen LogP contribution in [-0.4, -0.2) is 26.6 Å². The van der Waals surface area contributed by atoms with E-state index in [2.05, 4.69) is 22.4 Å². The average molecular weight is 296 g/mol. The van der Waals surface area contributed by atoms with Gasteiger partial charge in [0.25, 0.3) is 18.1 Å². The van der Waals surface area contributed by atoms with Crippen LogP contribution in [0.2, 0.25) is 0 Å². The smallest absolute Gasteiger partial charge is 0.263 e. The summed E-state index contributed by atoms with van der Waals surface area (Å²) in [6.45, 7) is 0. The molecule has 0 radical (unpaired) electrons. The van der Waals surface area contributed by atoms with Crippen LogP contribution in [0.1, 0.15) is 0 Å².